The van der Waals surface area contributed by atoms with Gasteiger partial charge in [-0.15, -0.1) is 0 Å². The van der Waals surface area contributed by atoms with Crippen molar-refractivity contribution in [2.45, 2.75) is 12.7 Å². The number of nitrogens with zero attached hydrogens (tertiary/aromatic N) is 3. The molecule has 3 rings (SSSR count). The van der Waals surface area contributed by atoms with Gasteiger partial charge in [-0.2, -0.15) is 13.2 Å². The highest BCUT2D eigenvalue weighted by Crippen LogP contribution is 2.30. The van der Waals surface area contributed by atoms with Gasteiger partial charge < -0.3 is 15.6 Å². The summed E-state index contributed by atoms with van der Waals surface area (Å²) >= 11 is 0. The van der Waals surface area contributed by atoms with E-state index in [4.69, 9.17) is 5.73 Å². The van der Waals surface area contributed by atoms with Crippen LogP contribution < -0.4 is 11.1 Å². The predicted octanol–water partition coefficient (Wildman–Crippen LogP) is 3.18. The number of nitrogens with two attached hydrogens (primary N) is 1. The third-order valence-electron chi connectivity index (χ3n) is 3.75. The standard InChI is InChI=1S/C16H12F3N5O3/c17-16(18,19)9-2-1-3-10(6-9)21-14(25)8-23-13-7-11(24(26)27)4-5-12(13)22-15(23)20/h1-7H,8H2,(H2,20,22)(H,21,25). The maximum Gasteiger partial charge on any atom is 0.416 e. The van der Waals surface area contributed by atoms with Crippen LogP contribution in [-0.4, -0.2) is 20.4 Å². The third-order valence-corrected chi connectivity index (χ3v) is 3.75. The van der Waals surface area contributed by atoms with Crippen LogP contribution in [0.2, 0.25) is 0 Å². The molecule has 3 aromatic rings. The summed E-state index contributed by atoms with van der Waals surface area (Å²) in [7, 11) is 0. The second-order valence-electron chi connectivity index (χ2n) is 5.61. The van der Waals surface area contributed by atoms with Crippen molar-refractivity contribution in [2.75, 3.05) is 11.1 Å². The normalized spacial score (nSPS) is 11.5. The molecule has 0 aliphatic rings. The summed E-state index contributed by atoms with van der Waals surface area (Å²) in [6, 6.07) is 8.04. The maximum absolute atomic E-state index is 12.7. The zero-order valence-electron chi connectivity index (χ0n) is 13.5. The molecule has 8 nitrogen and oxygen atoms in total. The van der Waals surface area contributed by atoms with E-state index in [1.165, 1.54) is 34.9 Å². The number of halogens is 3. The minimum atomic E-state index is -4.54. The van der Waals surface area contributed by atoms with Crippen LogP contribution >= 0.6 is 0 Å². The fourth-order valence-corrected chi connectivity index (χ4v) is 2.53. The van der Waals surface area contributed by atoms with Gasteiger partial charge in [-0.3, -0.25) is 14.9 Å². The van der Waals surface area contributed by atoms with Crippen molar-refractivity contribution in [3.63, 3.8) is 0 Å². The summed E-state index contributed by atoms with van der Waals surface area (Å²) < 4.78 is 39.5. The summed E-state index contributed by atoms with van der Waals surface area (Å²) in [5.41, 5.74) is 5.23. The molecule has 1 heterocycles. The second kappa shape index (κ2) is 6.59. The van der Waals surface area contributed by atoms with Crippen molar-refractivity contribution in [1.29, 1.82) is 0 Å². The largest absolute Gasteiger partial charge is 0.416 e. The molecule has 0 spiro atoms. The van der Waals surface area contributed by atoms with Crippen LogP contribution in [0.4, 0.5) is 30.5 Å². The van der Waals surface area contributed by atoms with Crippen molar-refractivity contribution in [2.24, 2.45) is 0 Å². The number of aromatic nitrogens is 2. The predicted molar refractivity (Wildman–Crippen MR) is 90.9 cm³/mol. The van der Waals surface area contributed by atoms with Crippen molar-refractivity contribution in [1.82, 2.24) is 9.55 Å². The van der Waals surface area contributed by atoms with Crippen LogP contribution in [0, 0.1) is 10.1 Å². The average Bonchev–Trinajstić information content (AvgIpc) is 2.89. The molecular weight excluding hydrogens is 367 g/mol. The number of nitrogen functional groups attached to an aromatic ring is 1. The quantitative estimate of drug-likeness (QED) is 0.533. The summed E-state index contributed by atoms with van der Waals surface area (Å²) in [5.74, 6) is -0.712. The number of nitrogens with one attached hydrogen (secondary N) is 1. The van der Waals surface area contributed by atoms with Crippen molar-refractivity contribution < 1.29 is 22.9 Å². The number of carbonyl (C=O) groups excluding carboxylic acids is 1. The molecule has 27 heavy (non-hydrogen) atoms. The van der Waals surface area contributed by atoms with Gasteiger partial charge in [0.2, 0.25) is 11.9 Å². The SMILES string of the molecule is Nc1nc2ccc([N+](=O)[O-])cc2n1CC(=O)Nc1cccc(C(F)(F)F)c1. The van der Waals surface area contributed by atoms with Crippen LogP contribution in [0.1, 0.15) is 5.56 Å². The number of alkyl halides is 3. The molecule has 3 N–H and O–H groups in total. The summed E-state index contributed by atoms with van der Waals surface area (Å²) in [6.07, 6.45) is -4.54. The van der Waals surface area contributed by atoms with E-state index in [1.54, 1.807) is 0 Å². The summed E-state index contributed by atoms with van der Waals surface area (Å²) in [5, 5.41) is 13.3. The fourth-order valence-electron chi connectivity index (χ4n) is 2.53. The monoisotopic (exact) mass is 379 g/mol. The van der Waals surface area contributed by atoms with Crippen LogP contribution in [0.3, 0.4) is 0 Å². The highest BCUT2D eigenvalue weighted by Gasteiger charge is 2.30. The molecule has 0 saturated heterocycles. The number of hydrogen-bond acceptors (Lipinski definition) is 5. The fraction of sp³-hybridized carbons (Fsp3) is 0.125. The highest BCUT2D eigenvalue weighted by molar-refractivity contribution is 5.92. The van der Waals surface area contributed by atoms with Gasteiger partial charge in [-0.25, -0.2) is 4.98 Å². The molecule has 140 valence electrons. The Morgan fingerprint density at radius 2 is 2.00 bits per heavy atom. The third kappa shape index (κ3) is 3.81. The lowest BCUT2D eigenvalue weighted by molar-refractivity contribution is -0.384. The van der Waals surface area contributed by atoms with E-state index < -0.39 is 22.6 Å². The number of nitro groups is 1. The van der Waals surface area contributed by atoms with Crippen molar-refractivity contribution in [3.05, 3.63) is 58.1 Å². The van der Waals surface area contributed by atoms with Gasteiger partial charge in [0.1, 0.15) is 6.54 Å². The van der Waals surface area contributed by atoms with Gasteiger partial charge in [0, 0.05) is 17.8 Å². The number of carbonyl (C=O) groups is 1. The van der Waals surface area contributed by atoms with Gasteiger partial charge in [0.25, 0.3) is 5.69 Å². The van der Waals surface area contributed by atoms with E-state index in [-0.39, 0.29) is 29.4 Å². The molecular formula is C16H12F3N5O3. The Bertz CT molecular complexity index is 1050. The first-order valence-corrected chi connectivity index (χ1v) is 7.52. The van der Waals surface area contributed by atoms with E-state index in [0.717, 1.165) is 12.1 Å². The smallest absolute Gasteiger partial charge is 0.369 e. The number of amides is 1. The molecule has 1 aromatic heterocycles. The molecule has 0 bridgehead atoms. The molecule has 0 aliphatic heterocycles. The molecule has 0 saturated carbocycles. The Kier molecular flexibility index (Phi) is 4.44. The lowest BCUT2D eigenvalue weighted by atomic mass is 10.2. The minimum Gasteiger partial charge on any atom is -0.369 e. The number of nitro benzene ring substituents is 1. The zero-order valence-corrected chi connectivity index (χ0v) is 13.5. The number of hydrogen-bond donors (Lipinski definition) is 2. The lowest BCUT2D eigenvalue weighted by Crippen LogP contribution is -2.20. The number of rotatable bonds is 4. The molecule has 0 atom stereocenters. The molecule has 0 radical (unpaired) electrons. The van der Waals surface area contributed by atoms with Crippen LogP contribution in [0.25, 0.3) is 11.0 Å². The van der Waals surface area contributed by atoms with Crippen LogP contribution in [0.15, 0.2) is 42.5 Å². The van der Waals surface area contributed by atoms with Gasteiger partial charge in [-0.1, -0.05) is 6.07 Å². The number of fused-ring (bicyclic) bond motifs is 1. The van der Waals surface area contributed by atoms with E-state index >= 15 is 0 Å². The molecule has 2 aromatic carbocycles. The molecule has 0 fully saturated rings. The number of benzene rings is 2. The highest BCUT2D eigenvalue weighted by atomic mass is 19.4. The Hall–Kier alpha value is -3.63. The van der Waals surface area contributed by atoms with E-state index in [2.05, 4.69) is 10.3 Å². The molecule has 0 aliphatic carbocycles. The van der Waals surface area contributed by atoms with Gasteiger partial charge in [0.05, 0.1) is 21.5 Å². The Morgan fingerprint density at radius 3 is 2.67 bits per heavy atom. The van der Waals surface area contributed by atoms with Crippen LogP contribution in [-0.2, 0) is 17.5 Å². The Balaban J connectivity index is 1.85. The van der Waals surface area contributed by atoms with Gasteiger partial charge in [-0.05, 0) is 24.3 Å². The van der Waals surface area contributed by atoms with E-state index in [9.17, 15) is 28.1 Å². The molecule has 1 amide bonds. The molecule has 11 heteroatoms. The Labute approximate surface area is 149 Å². The number of anilines is 2. The molecule has 0 unspecified atom stereocenters. The van der Waals surface area contributed by atoms with Crippen molar-refractivity contribution in [3.8, 4) is 0 Å². The summed E-state index contributed by atoms with van der Waals surface area (Å²) in [4.78, 5) is 26.5. The zero-order chi connectivity index (χ0) is 19.8. The number of non-ortho nitro benzene ring substituents is 1. The first-order valence-electron chi connectivity index (χ1n) is 7.52. The van der Waals surface area contributed by atoms with Gasteiger partial charge in [0.15, 0.2) is 0 Å². The summed E-state index contributed by atoms with van der Waals surface area (Å²) in [6.45, 7) is -0.375. The van der Waals surface area contributed by atoms with Crippen LogP contribution in [0.5, 0.6) is 0 Å². The maximum atomic E-state index is 12.7. The van der Waals surface area contributed by atoms with E-state index in [0.29, 0.717) is 5.52 Å². The minimum absolute atomic E-state index is 0.0382. The lowest BCUT2D eigenvalue weighted by Gasteiger charge is -2.11. The van der Waals surface area contributed by atoms with Gasteiger partial charge >= 0.3 is 6.18 Å². The average molecular weight is 379 g/mol. The topological polar surface area (TPSA) is 116 Å². The first kappa shape index (κ1) is 18.2. The second-order valence-corrected chi connectivity index (χ2v) is 5.61. The van der Waals surface area contributed by atoms with Crippen molar-refractivity contribution >= 4 is 34.3 Å². The Morgan fingerprint density at radius 1 is 1.26 bits per heavy atom. The number of imidazole rings is 1. The first-order chi connectivity index (χ1) is 12.6. The van der Waals surface area contributed by atoms with E-state index in [1.807, 2.05) is 0 Å².